The molecule has 0 fully saturated rings. The van der Waals surface area contributed by atoms with Crippen molar-refractivity contribution in [3.05, 3.63) is 34.1 Å². The number of aromatic nitrogens is 2. The van der Waals surface area contributed by atoms with Crippen LogP contribution in [0.2, 0.25) is 0 Å². The van der Waals surface area contributed by atoms with E-state index in [4.69, 9.17) is 4.74 Å². The SMILES string of the molecule is COc1[nH]c2ncccc2c(=O)c1CNC(=O)C(C)(C)C. The minimum atomic E-state index is -0.515. The number of hydrogen-bond donors (Lipinski definition) is 2. The molecule has 2 heterocycles. The van der Waals surface area contributed by atoms with Crippen molar-refractivity contribution in [2.24, 2.45) is 5.41 Å². The van der Waals surface area contributed by atoms with Crippen molar-refractivity contribution in [1.82, 2.24) is 15.3 Å². The first-order chi connectivity index (χ1) is 9.84. The second kappa shape index (κ2) is 5.55. The van der Waals surface area contributed by atoms with Crippen molar-refractivity contribution in [2.75, 3.05) is 7.11 Å². The molecule has 0 bridgehead atoms. The molecule has 1 amide bonds. The van der Waals surface area contributed by atoms with Crippen LogP contribution in [0.1, 0.15) is 26.3 Å². The minimum absolute atomic E-state index is 0.111. The topological polar surface area (TPSA) is 84.1 Å². The number of methoxy groups -OCH3 is 1. The standard InChI is InChI=1S/C15H19N3O3/c1-15(2,3)14(20)17-8-10-11(19)9-6-5-7-16-12(9)18-13(10)21-4/h5-7H,8H2,1-4H3,(H,17,20)(H,16,18,19). The van der Waals surface area contributed by atoms with Gasteiger partial charge in [0, 0.05) is 11.6 Å². The molecular weight excluding hydrogens is 270 g/mol. The van der Waals surface area contributed by atoms with Gasteiger partial charge in [0.15, 0.2) is 5.43 Å². The summed E-state index contributed by atoms with van der Waals surface area (Å²) < 4.78 is 5.21. The van der Waals surface area contributed by atoms with E-state index < -0.39 is 5.41 Å². The van der Waals surface area contributed by atoms with Gasteiger partial charge in [-0.05, 0) is 12.1 Å². The van der Waals surface area contributed by atoms with Crippen molar-refractivity contribution < 1.29 is 9.53 Å². The first-order valence-corrected chi connectivity index (χ1v) is 6.66. The van der Waals surface area contributed by atoms with Crippen molar-refractivity contribution in [3.8, 4) is 5.88 Å². The van der Waals surface area contributed by atoms with Gasteiger partial charge in [0.05, 0.1) is 24.6 Å². The van der Waals surface area contributed by atoms with Crippen LogP contribution in [0.15, 0.2) is 23.1 Å². The van der Waals surface area contributed by atoms with Crippen molar-refractivity contribution in [1.29, 1.82) is 0 Å². The van der Waals surface area contributed by atoms with E-state index in [-0.39, 0.29) is 17.9 Å². The maximum absolute atomic E-state index is 12.5. The number of carbonyl (C=O) groups excluding carboxylic acids is 1. The van der Waals surface area contributed by atoms with Gasteiger partial charge in [0.1, 0.15) is 5.65 Å². The highest BCUT2D eigenvalue weighted by atomic mass is 16.5. The highest BCUT2D eigenvalue weighted by Crippen LogP contribution is 2.17. The molecule has 0 atom stereocenters. The Morgan fingerprint density at radius 3 is 2.76 bits per heavy atom. The number of H-pyrrole nitrogens is 1. The molecule has 2 aromatic heterocycles. The molecule has 0 radical (unpaired) electrons. The van der Waals surface area contributed by atoms with Gasteiger partial charge in [-0.1, -0.05) is 20.8 Å². The Morgan fingerprint density at radius 1 is 1.43 bits per heavy atom. The smallest absolute Gasteiger partial charge is 0.225 e. The van der Waals surface area contributed by atoms with E-state index >= 15 is 0 Å². The molecule has 112 valence electrons. The molecule has 6 nitrogen and oxygen atoms in total. The van der Waals surface area contributed by atoms with Crippen LogP contribution in [-0.2, 0) is 11.3 Å². The molecule has 2 rings (SSSR count). The Bertz CT molecular complexity index is 729. The molecular formula is C15H19N3O3. The number of aromatic amines is 1. The summed E-state index contributed by atoms with van der Waals surface area (Å²) in [5, 5.41) is 3.23. The highest BCUT2D eigenvalue weighted by molar-refractivity contribution is 5.81. The van der Waals surface area contributed by atoms with E-state index in [2.05, 4.69) is 15.3 Å². The maximum atomic E-state index is 12.5. The molecule has 0 spiro atoms. The zero-order chi connectivity index (χ0) is 15.6. The van der Waals surface area contributed by atoms with Gasteiger partial charge >= 0.3 is 0 Å². The van der Waals surface area contributed by atoms with Gasteiger partial charge in [0.25, 0.3) is 0 Å². The molecule has 6 heteroatoms. The van der Waals surface area contributed by atoms with Gasteiger partial charge in [-0.15, -0.1) is 0 Å². The predicted molar refractivity (Wildman–Crippen MR) is 80.2 cm³/mol. The molecule has 0 unspecified atom stereocenters. The summed E-state index contributed by atoms with van der Waals surface area (Å²) >= 11 is 0. The van der Waals surface area contributed by atoms with E-state index in [1.807, 2.05) is 20.8 Å². The summed E-state index contributed by atoms with van der Waals surface area (Å²) in [6.07, 6.45) is 1.60. The van der Waals surface area contributed by atoms with Crippen LogP contribution < -0.4 is 15.5 Å². The number of hydrogen-bond acceptors (Lipinski definition) is 4. The Morgan fingerprint density at radius 2 is 2.14 bits per heavy atom. The van der Waals surface area contributed by atoms with E-state index in [1.54, 1.807) is 18.3 Å². The molecule has 0 saturated heterocycles. The van der Waals surface area contributed by atoms with Gasteiger partial charge in [-0.25, -0.2) is 4.98 Å². The lowest BCUT2D eigenvalue weighted by atomic mass is 9.95. The summed E-state index contributed by atoms with van der Waals surface area (Å²) in [7, 11) is 1.47. The maximum Gasteiger partial charge on any atom is 0.225 e. The van der Waals surface area contributed by atoms with Crippen LogP contribution in [0.4, 0.5) is 0 Å². The molecule has 0 aliphatic rings. The Balaban J connectivity index is 2.41. The summed E-state index contributed by atoms with van der Waals surface area (Å²) in [5.41, 5.74) is 0.141. The predicted octanol–water partition coefficient (Wildman–Crippen LogP) is 1.59. The van der Waals surface area contributed by atoms with Gasteiger partial charge in [0.2, 0.25) is 11.8 Å². The van der Waals surface area contributed by atoms with E-state index in [1.165, 1.54) is 7.11 Å². The van der Waals surface area contributed by atoms with Crippen LogP contribution in [0.5, 0.6) is 5.88 Å². The monoisotopic (exact) mass is 289 g/mol. The first kappa shape index (κ1) is 15.0. The van der Waals surface area contributed by atoms with Crippen LogP contribution in [-0.4, -0.2) is 23.0 Å². The number of fused-ring (bicyclic) bond motifs is 1. The van der Waals surface area contributed by atoms with E-state index in [0.717, 1.165) is 0 Å². The molecule has 0 aliphatic heterocycles. The molecule has 0 aromatic carbocycles. The largest absolute Gasteiger partial charge is 0.482 e. The van der Waals surface area contributed by atoms with Crippen molar-refractivity contribution >= 4 is 16.9 Å². The highest BCUT2D eigenvalue weighted by Gasteiger charge is 2.22. The summed E-state index contributed by atoms with van der Waals surface area (Å²) in [6.45, 7) is 5.55. The molecule has 0 saturated carbocycles. The van der Waals surface area contributed by atoms with Crippen LogP contribution in [0.25, 0.3) is 11.0 Å². The van der Waals surface area contributed by atoms with Gasteiger partial charge in [-0.2, -0.15) is 0 Å². The number of carbonyl (C=O) groups is 1. The third kappa shape index (κ3) is 3.04. The minimum Gasteiger partial charge on any atom is -0.482 e. The van der Waals surface area contributed by atoms with Gasteiger partial charge in [-0.3, -0.25) is 9.59 Å². The van der Waals surface area contributed by atoms with E-state index in [0.29, 0.717) is 22.5 Å². The normalized spacial score (nSPS) is 11.4. The van der Waals surface area contributed by atoms with E-state index in [9.17, 15) is 9.59 Å². The molecule has 0 aliphatic carbocycles. The average Bonchev–Trinajstić information content (AvgIpc) is 2.44. The lowest BCUT2D eigenvalue weighted by Crippen LogP contribution is -2.35. The zero-order valence-corrected chi connectivity index (χ0v) is 12.6. The third-order valence-electron chi connectivity index (χ3n) is 3.14. The van der Waals surface area contributed by atoms with Crippen LogP contribution in [0.3, 0.4) is 0 Å². The Hall–Kier alpha value is -2.37. The van der Waals surface area contributed by atoms with Gasteiger partial charge < -0.3 is 15.0 Å². The number of ether oxygens (including phenoxy) is 1. The third-order valence-corrected chi connectivity index (χ3v) is 3.14. The number of amides is 1. The summed E-state index contributed by atoms with van der Waals surface area (Å²) in [4.78, 5) is 31.5. The zero-order valence-electron chi connectivity index (χ0n) is 12.6. The van der Waals surface area contributed by atoms with Crippen LogP contribution in [0, 0.1) is 5.41 Å². The molecule has 21 heavy (non-hydrogen) atoms. The van der Waals surface area contributed by atoms with Crippen molar-refractivity contribution in [3.63, 3.8) is 0 Å². The fourth-order valence-corrected chi connectivity index (χ4v) is 1.91. The van der Waals surface area contributed by atoms with Crippen LogP contribution >= 0.6 is 0 Å². The van der Waals surface area contributed by atoms with Crippen molar-refractivity contribution in [2.45, 2.75) is 27.3 Å². The summed E-state index contributed by atoms with van der Waals surface area (Å²) in [5.74, 6) is 0.190. The Labute approximate surface area is 122 Å². The lowest BCUT2D eigenvalue weighted by Gasteiger charge is -2.18. The number of pyridine rings is 2. The molecule has 2 N–H and O–H groups in total. The Kier molecular flexibility index (Phi) is 3.97. The first-order valence-electron chi connectivity index (χ1n) is 6.66. The summed E-state index contributed by atoms with van der Waals surface area (Å²) in [6, 6.07) is 3.39. The fourth-order valence-electron chi connectivity index (χ4n) is 1.91. The second-order valence-electron chi connectivity index (χ2n) is 5.80. The quantitative estimate of drug-likeness (QED) is 0.898. The second-order valence-corrected chi connectivity index (χ2v) is 5.80. The number of nitrogens with one attached hydrogen (secondary N) is 2. The number of nitrogens with zero attached hydrogens (tertiary/aromatic N) is 1. The average molecular weight is 289 g/mol. The fraction of sp³-hybridized carbons (Fsp3) is 0.400. The molecule has 2 aromatic rings. The lowest BCUT2D eigenvalue weighted by molar-refractivity contribution is -0.128. The number of rotatable bonds is 3.